The molecule has 3 aromatic rings. The lowest BCUT2D eigenvalue weighted by Crippen LogP contribution is -2.49. The average molecular weight is 510 g/mol. The van der Waals surface area contributed by atoms with Gasteiger partial charge in [0, 0.05) is 17.0 Å². The van der Waals surface area contributed by atoms with Crippen LogP contribution in [0.4, 0.5) is 10.5 Å². The number of aliphatic imine (C=N–C) groups is 1. The molecule has 0 spiro atoms. The molecule has 1 aliphatic carbocycles. The van der Waals surface area contributed by atoms with Crippen LogP contribution < -0.4 is 10.2 Å². The van der Waals surface area contributed by atoms with Crippen molar-refractivity contribution in [1.29, 1.82) is 0 Å². The van der Waals surface area contributed by atoms with E-state index in [4.69, 9.17) is 9.73 Å². The fourth-order valence-corrected chi connectivity index (χ4v) is 5.10. The lowest BCUT2D eigenvalue weighted by Gasteiger charge is -2.28. The first-order valence-corrected chi connectivity index (χ1v) is 13.1. The van der Waals surface area contributed by atoms with Crippen LogP contribution >= 0.6 is 0 Å². The molecular weight excluding hydrogens is 478 g/mol. The van der Waals surface area contributed by atoms with Crippen LogP contribution in [0, 0.1) is 5.92 Å². The second-order valence-corrected chi connectivity index (χ2v) is 9.70. The van der Waals surface area contributed by atoms with Gasteiger partial charge in [-0.1, -0.05) is 98.1 Å². The van der Waals surface area contributed by atoms with Crippen LogP contribution in [0.3, 0.4) is 0 Å². The number of Topliss-reactive ketones (excluding diaryl/α,β-unsaturated/α-hetero) is 1. The van der Waals surface area contributed by atoms with Crippen molar-refractivity contribution in [3.05, 3.63) is 102 Å². The zero-order valence-electron chi connectivity index (χ0n) is 21.2. The van der Waals surface area contributed by atoms with Gasteiger partial charge in [0.15, 0.2) is 5.78 Å². The maximum atomic E-state index is 13.9. The van der Waals surface area contributed by atoms with E-state index in [1.165, 1.54) is 4.90 Å². The number of benzene rings is 3. The summed E-state index contributed by atoms with van der Waals surface area (Å²) in [5.41, 5.74) is 3.53. The standard InChI is InChI=1S/C31H31N3O4/c35-27(23-14-6-2-7-15-23)20-34-26-19-11-10-18-25(26)28(24-16-8-3-9-17-24)32-29(30(34)36)33-31(37)38-21-22-12-4-1-5-13-22/h1,3-5,8-13,16-19,23,29H,2,6-7,14-15,20-21H2,(H,33,37)/t29-/m1/s1. The van der Waals surface area contributed by atoms with Gasteiger partial charge in [0.1, 0.15) is 6.61 Å². The zero-order valence-corrected chi connectivity index (χ0v) is 21.2. The third-order valence-corrected chi connectivity index (χ3v) is 7.10. The number of hydrogen-bond acceptors (Lipinski definition) is 5. The molecule has 5 rings (SSSR count). The molecule has 1 atom stereocenters. The molecule has 0 unspecified atom stereocenters. The van der Waals surface area contributed by atoms with Crippen LogP contribution in [0.5, 0.6) is 0 Å². The summed E-state index contributed by atoms with van der Waals surface area (Å²) in [6, 6.07) is 26.3. The predicted molar refractivity (Wildman–Crippen MR) is 146 cm³/mol. The van der Waals surface area contributed by atoms with Gasteiger partial charge in [0.2, 0.25) is 6.17 Å². The van der Waals surface area contributed by atoms with Gasteiger partial charge in [-0.05, 0) is 24.5 Å². The first-order chi connectivity index (χ1) is 18.6. The van der Waals surface area contributed by atoms with E-state index in [-0.39, 0.29) is 24.9 Å². The Morgan fingerprint density at radius 1 is 0.868 bits per heavy atom. The van der Waals surface area contributed by atoms with Crippen LogP contribution in [0.1, 0.15) is 48.8 Å². The summed E-state index contributed by atoms with van der Waals surface area (Å²) < 4.78 is 5.39. The van der Waals surface area contributed by atoms with Crippen molar-refractivity contribution in [2.45, 2.75) is 44.9 Å². The van der Waals surface area contributed by atoms with Crippen molar-refractivity contribution in [1.82, 2.24) is 5.32 Å². The number of fused-ring (bicyclic) bond motifs is 1. The van der Waals surface area contributed by atoms with E-state index < -0.39 is 18.2 Å². The number of benzodiazepines with no additional fused rings is 1. The summed E-state index contributed by atoms with van der Waals surface area (Å²) in [6.07, 6.45) is 2.89. The molecule has 1 aliphatic heterocycles. The van der Waals surface area contributed by atoms with Crippen LogP contribution in [-0.4, -0.2) is 36.2 Å². The highest BCUT2D eigenvalue weighted by Gasteiger charge is 2.35. The Bertz CT molecular complexity index is 1320. The van der Waals surface area contributed by atoms with E-state index in [0.29, 0.717) is 11.4 Å². The number of rotatable bonds is 7. The van der Waals surface area contributed by atoms with E-state index in [0.717, 1.165) is 48.8 Å². The highest BCUT2D eigenvalue weighted by Crippen LogP contribution is 2.30. The normalized spacial score (nSPS) is 17.7. The fraction of sp³-hybridized carbons (Fsp3) is 0.290. The minimum Gasteiger partial charge on any atom is -0.445 e. The molecule has 0 radical (unpaired) electrons. The lowest BCUT2D eigenvalue weighted by molar-refractivity contribution is -0.126. The topological polar surface area (TPSA) is 88.1 Å². The number of amides is 2. The van der Waals surface area contributed by atoms with Gasteiger partial charge >= 0.3 is 6.09 Å². The summed E-state index contributed by atoms with van der Waals surface area (Å²) in [6.45, 7) is 0.00227. The van der Waals surface area contributed by atoms with Gasteiger partial charge in [0.25, 0.3) is 5.91 Å². The molecular formula is C31H31N3O4. The highest BCUT2D eigenvalue weighted by molar-refractivity contribution is 6.21. The molecule has 7 nitrogen and oxygen atoms in total. The number of para-hydroxylation sites is 1. The number of nitrogens with one attached hydrogen (secondary N) is 1. The van der Waals surface area contributed by atoms with E-state index in [2.05, 4.69) is 5.32 Å². The van der Waals surface area contributed by atoms with Gasteiger partial charge in [-0.3, -0.25) is 14.9 Å². The van der Waals surface area contributed by atoms with Crippen molar-refractivity contribution in [2.75, 3.05) is 11.4 Å². The number of carbonyl (C=O) groups is 3. The quantitative estimate of drug-likeness (QED) is 0.470. The Morgan fingerprint density at radius 2 is 1.53 bits per heavy atom. The first kappa shape index (κ1) is 25.4. The van der Waals surface area contributed by atoms with Crippen LogP contribution in [0.25, 0.3) is 0 Å². The average Bonchev–Trinajstić information content (AvgIpc) is 3.08. The molecule has 3 aromatic carbocycles. The molecule has 2 amide bonds. The number of alkyl carbamates (subject to hydrolysis) is 1. The van der Waals surface area contributed by atoms with E-state index >= 15 is 0 Å². The lowest BCUT2D eigenvalue weighted by atomic mass is 9.86. The molecule has 1 N–H and O–H groups in total. The molecule has 194 valence electrons. The Morgan fingerprint density at radius 3 is 2.26 bits per heavy atom. The zero-order chi connectivity index (χ0) is 26.3. The Balaban J connectivity index is 1.46. The fourth-order valence-electron chi connectivity index (χ4n) is 5.10. The largest absolute Gasteiger partial charge is 0.445 e. The molecule has 2 aliphatic rings. The second-order valence-electron chi connectivity index (χ2n) is 9.70. The first-order valence-electron chi connectivity index (χ1n) is 13.1. The minimum atomic E-state index is -1.25. The number of nitrogens with zero attached hydrogens (tertiary/aromatic N) is 2. The SMILES string of the molecule is O=C(N[C@H]1N=C(c2ccccc2)c2ccccc2N(CC(=O)C2CCCCC2)C1=O)OCc1ccccc1. The summed E-state index contributed by atoms with van der Waals surface area (Å²) in [7, 11) is 0. The van der Waals surface area contributed by atoms with E-state index in [9.17, 15) is 14.4 Å². The summed E-state index contributed by atoms with van der Waals surface area (Å²) in [4.78, 5) is 46.2. The minimum absolute atomic E-state index is 0.0430. The van der Waals surface area contributed by atoms with Gasteiger partial charge in [-0.2, -0.15) is 0 Å². The van der Waals surface area contributed by atoms with Crippen LogP contribution in [-0.2, 0) is 20.9 Å². The number of anilines is 1. The molecule has 38 heavy (non-hydrogen) atoms. The summed E-state index contributed by atoms with van der Waals surface area (Å²) in [5.74, 6) is -0.477. The third-order valence-electron chi connectivity index (χ3n) is 7.10. The third kappa shape index (κ3) is 5.83. The molecule has 7 heteroatoms. The van der Waals surface area contributed by atoms with Gasteiger partial charge in [-0.25, -0.2) is 9.79 Å². The molecule has 0 bridgehead atoms. The van der Waals surface area contributed by atoms with E-state index in [1.807, 2.05) is 84.9 Å². The van der Waals surface area contributed by atoms with Crippen molar-refractivity contribution in [3.63, 3.8) is 0 Å². The van der Waals surface area contributed by atoms with Crippen molar-refractivity contribution >= 4 is 29.2 Å². The van der Waals surface area contributed by atoms with Gasteiger partial charge in [-0.15, -0.1) is 0 Å². The Hall–Kier alpha value is -4.26. The monoisotopic (exact) mass is 509 g/mol. The number of ether oxygens (including phenoxy) is 1. The van der Waals surface area contributed by atoms with Gasteiger partial charge < -0.3 is 9.64 Å². The number of ketones is 1. The summed E-state index contributed by atoms with van der Waals surface area (Å²) >= 11 is 0. The van der Waals surface area contributed by atoms with Crippen molar-refractivity contribution in [3.8, 4) is 0 Å². The van der Waals surface area contributed by atoms with Gasteiger partial charge in [0.05, 0.1) is 17.9 Å². The number of carbonyl (C=O) groups excluding carboxylic acids is 3. The van der Waals surface area contributed by atoms with E-state index in [1.54, 1.807) is 0 Å². The summed E-state index contributed by atoms with van der Waals surface area (Å²) in [5, 5.41) is 2.65. The second kappa shape index (κ2) is 11.9. The van der Waals surface area contributed by atoms with Crippen molar-refractivity contribution in [2.24, 2.45) is 10.9 Å². The smallest absolute Gasteiger partial charge is 0.409 e. The van der Waals surface area contributed by atoms with Crippen LogP contribution in [0.2, 0.25) is 0 Å². The molecule has 0 saturated heterocycles. The Kier molecular flexibility index (Phi) is 7.92. The van der Waals surface area contributed by atoms with Crippen molar-refractivity contribution < 1.29 is 19.1 Å². The number of hydrogen-bond donors (Lipinski definition) is 1. The molecule has 0 aromatic heterocycles. The maximum absolute atomic E-state index is 13.9. The molecule has 1 heterocycles. The maximum Gasteiger partial charge on any atom is 0.409 e. The highest BCUT2D eigenvalue weighted by atomic mass is 16.5. The predicted octanol–water partition coefficient (Wildman–Crippen LogP) is 5.27. The van der Waals surface area contributed by atoms with Crippen LogP contribution in [0.15, 0.2) is 89.9 Å². The molecule has 1 fully saturated rings. The Labute approximate surface area is 222 Å². The molecule has 1 saturated carbocycles.